The maximum absolute atomic E-state index is 12.4. The van der Waals surface area contributed by atoms with Crippen LogP contribution in [0.3, 0.4) is 0 Å². The minimum absolute atomic E-state index is 0.0749. The number of benzene rings is 1. The number of hydrogen-bond acceptors (Lipinski definition) is 4. The minimum atomic E-state index is -0.0749. The average Bonchev–Trinajstić information content (AvgIpc) is 3.02. The lowest BCUT2D eigenvalue weighted by atomic mass is 9.96. The lowest BCUT2D eigenvalue weighted by molar-refractivity contribution is 0.0899. The van der Waals surface area contributed by atoms with Gasteiger partial charge >= 0.3 is 0 Å². The quantitative estimate of drug-likeness (QED) is 0.876. The molecule has 0 spiro atoms. The van der Waals surface area contributed by atoms with E-state index in [2.05, 4.69) is 24.3 Å². The topological polar surface area (TPSA) is 50.8 Å². The number of carbonyl (C=O) groups is 1. The fraction of sp³-hybridized carbons (Fsp3) is 0.588. The van der Waals surface area contributed by atoms with Crippen LogP contribution in [0.1, 0.15) is 36.0 Å². The Kier molecular flexibility index (Phi) is 5.29. The van der Waals surface area contributed by atoms with Gasteiger partial charge in [-0.1, -0.05) is 12.8 Å². The van der Waals surface area contributed by atoms with Crippen LogP contribution in [0.5, 0.6) is 11.5 Å². The van der Waals surface area contributed by atoms with Crippen LogP contribution in [0.15, 0.2) is 18.2 Å². The summed E-state index contributed by atoms with van der Waals surface area (Å²) < 4.78 is 10.4. The Morgan fingerprint density at radius 3 is 2.36 bits per heavy atom. The Morgan fingerprint density at radius 1 is 1.18 bits per heavy atom. The highest BCUT2D eigenvalue weighted by Gasteiger charge is 2.36. The summed E-state index contributed by atoms with van der Waals surface area (Å²) in [6, 6.07) is 5.23. The predicted octanol–water partition coefficient (Wildman–Crippen LogP) is 2.31. The molecule has 1 aliphatic rings. The largest absolute Gasteiger partial charge is 0.493 e. The number of nitrogens with zero attached hydrogens (tertiary/aromatic N) is 1. The first-order chi connectivity index (χ1) is 10.5. The van der Waals surface area contributed by atoms with Crippen molar-refractivity contribution in [2.75, 3.05) is 34.9 Å². The molecule has 1 N–H and O–H groups in total. The Bertz CT molecular complexity index is 523. The normalized spacial score (nSPS) is 16.6. The Labute approximate surface area is 132 Å². The smallest absolute Gasteiger partial charge is 0.251 e. The van der Waals surface area contributed by atoms with E-state index in [0.29, 0.717) is 23.6 Å². The van der Waals surface area contributed by atoms with Gasteiger partial charge in [0.25, 0.3) is 5.91 Å². The van der Waals surface area contributed by atoms with Crippen molar-refractivity contribution in [2.24, 2.45) is 0 Å². The van der Waals surface area contributed by atoms with Crippen LogP contribution in [0, 0.1) is 0 Å². The molecule has 5 nitrogen and oxygen atoms in total. The molecule has 5 heteroatoms. The van der Waals surface area contributed by atoms with E-state index in [0.717, 1.165) is 12.8 Å². The van der Waals surface area contributed by atoms with Crippen LogP contribution in [0.2, 0.25) is 0 Å². The minimum Gasteiger partial charge on any atom is -0.493 e. The maximum Gasteiger partial charge on any atom is 0.251 e. The first kappa shape index (κ1) is 16.6. The summed E-state index contributed by atoms with van der Waals surface area (Å²) in [5.41, 5.74) is 0.677. The Morgan fingerprint density at radius 2 is 1.82 bits per heavy atom. The summed E-state index contributed by atoms with van der Waals surface area (Å²) in [4.78, 5) is 14.7. The number of methoxy groups -OCH3 is 2. The van der Waals surface area contributed by atoms with E-state index < -0.39 is 0 Å². The molecule has 0 atom stereocenters. The summed E-state index contributed by atoms with van der Waals surface area (Å²) in [5, 5.41) is 3.07. The molecule has 0 aromatic heterocycles. The zero-order valence-corrected chi connectivity index (χ0v) is 13.9. The van der Waals surface area contributed by atoms with Crippen molar-refractivity contribution in [1.29, 1.82) is 0 Å². The van der Waals surface area contributed by atoms with Crippen molar-refractivity contribution >= 4 is 5.91 Å². The van der Waals surface area contributed by atoms with Crippen LogP contribution >= 0.6 is 0 Å². The molecule has 0 bridgehead atoms. The number of amides is 1. The Hall–Kier alpha value is -1.75. The SMILES string of the molecule is COc1ccc(C(=O)NCC2(N(C)C)CCCC2)cc1OC. The number of ether oxygens (including phenoxy) is 2. The molecule has 0 unspecified atom stereocenters. The van der Waals surface area contributed by atoms with Crippen LogP contribution in [0.4, 0.5) is 0 Å². The molecule has 1 fully saturated rings. The first-order valence-electron chi connectivity index (χ1n) is 7.70. The highest BCUT2D eigenvalue weighted by atomic mass is 16.5. The van der Waals surface area contributed by atoms with Crippen LogP contribution in [-0.4, -0.2) is 51.2 Å². The zero-order valence-electron chi connectivity index (χ0n) is 13.9. The number of carbonyl (C=O) groups excluding carboxylic acids is 1. The third-order valence-corrected chi connectivity index (χ3v) is 4.71. The van der Waals surface area contributed by atoms with E-state index in [1.54, 1.807) is 32.4 Å². The second kappa shape index (κ2) is 7.01. The predicted molar refractivity (Wildman–Crippen MR) is 86.8 cm³/mol. The monoisotopic (exact) mass is 306 g/mol. The molecule has 0 radical (unpaired) electrons. The standard InChI is InChI=1S/C17H26N2O3/c1-19(2)17(9-5-6-10-17)12-18-16(20)13-7-8-14(21-3)15(11-13)22-4/h7-8,11H,5-6,9-10,12H2,1-4H3,(H,18,20). The van der Waals surface area contributed by atoms with Crippen molar-refractivity contribution in [1.82, 2.24) is 10.2 Å². The van der Waals surface area contributed by atoms with E-state index in [1.165, 1.54) is 12.8 Å². The van der Waals surface area contributed by atoms with Gasteiger partial charge in [-0.15, -0.1) is 0 Å². The van der Waals surface area contributed by atoms with Gasteiger partial charge < -0.3 is 19.7 Å². The van der Waals surface area contributed by atoms with Gasteiger partial charge in [0, 0.05) is 17.6 Å². The summed E-state index contributed by atoms with van der Waals surface area (Å²) >= 11 is 0. The van der Waals surface area contributed by atoms with E-state index in [1.807, 2.05) is 0 Å². The summed E-state index contributed by atoms with van der Waals surface area (Å²) in [7, 11) is 7.33. The highest BCUT2D eigenvalue weighted by Crippen LogP contribution is 2.33. The van der Waals surface area contributed by atoms with Crippen molar-refractivity contribution in [3.63, 3.8) is 0 Å². The molecule has 2 rings (SSSR count). The lowest BCUT2D eigenvalue weighted by Gasteiger charge is -2.36. The number of rotatable bonds is 6. The van der Waals surface area contributed by atoms with E-state index in [4.69, 9.17) is 9.47 Å². The second-order valence-electron chi connectivity index (χ2n) is 6.08. The fourth-order valence-corrected chi connectivity index (χ4v) is 3.14. The zero-order chi connectivity index (χ0) is 16.2. The number of likely N-dealkylation sites (N-methyl/N-ethyl adjacent to an activating group) is 1. The van der Waals surface area contributed by atoms with Gasteiger partial charge in [0.2, 0.25) is 0 Å². The van der Waals surface area contributed by atoms with Crippen LogP contribution < -0.4 is 14.8 Å². The van der Waals surface area contributed by atoms with Gasteiger partial charge in [-0.05, 0) is 45.1 Å². The molecule has 1 saturated carbocycles. The van der Waals surface area contributed by atoms with Crippen LogP contribution in [-0.2, 0) is 0 Å². The third-order valence-electron chi connectivity index (χ3n) is 4.71. The molecular formula is C17H26N2O3. The second-order valence-corrected chi connectivity index (χ2v) is 6.08. The van der Waals surface area contributed by atoms with Gasteiger partial charge in [-0.3, -0.25) is 4.79 Å². The average molecular weight is 306 g/mol. The molecule has 1 amide bonds. The fourth-order valence-electron chi connectivity index (χ4n) is 3.14. The van der Waals surface area contributed by atoms with Crippen molar-refractivity contribution in [3.8, 4) is 11.5 Å². The molecule has 1 aliphatic carbocycles. The Balaban J connectivity index is 2.06. The molecule has 0 saturated heterocycles. The molecule has 0 aliphatic heterocycles. The van der Waals surface area contributed by atoms with Crippen molar-refractivity contribution < 1.29 is 14.3 Å². The summed E-state index contributed by atoms with van der Waals surface area (Å²) in [6.45, 7) is 0.674. The number of hydrogen-bond donors (Lipinski definition) is 1. The van der Waals surface area contributed by atoms with Gasteiger partial charge in [-0.2, -0.15) is 0 Å². The lowest BCUT2D eigenvalue weighted by Crippen LogP contribution is -2.50. The summed E-state index contributed by atoms with van der Waals surface area (Å²) in [6.07, 6.45) is 4.72. The molecule has 1 aromatic rings. The molecule has 22 heavy (non-hydrogen) atoms. The van der Waals surface area contributed by atoms with Gasteiger partial charge in [0.05, 0.1) is 14.2 Å². The van der Waals surface area contributed by atoms with Gasteiger partial charge in [-0.25, -0.2) is 0 Å². The maximum atomic E-state index is 12.4. The van der Waals surface area contributed by atoms with Crippen LogP contribution in [0.25, 0.3) is 0 Å². The molecule has 1 aromatic carbocycles. The van der Waals surface area contributed by atoms with Gasteiger partial charge in [0.15, 0.2) is 11.5 Å². The van der Waals surface area contributed by atoms with E-state index >= 15 is 0 Å². The van der Waals surface area contributed by atoms with Gasteiger partial charge in [0.1, 0.15) is 0 Å². The van der Waals surface area contributed by atoms with Crippen molar-refractivity contribution in [2.45, 2.75) is 31.2 Å². The summed E-state index contributed by atoms with van der Waals surface area (Å²) in [5.74, 6) is 1.12. The van der Waals surface area contributed by atoms with E-state index in [9.17, 15) is 4.79 Å². The molecule has 122 valence electrons. The van der Waals surface area contributed by atoms with E-state index in [-0.39, 0.29) is 11.4 Å². The molecule has 0 heterocycles. The third kappa shape index (κ3) is 3.35. The number of nitrogens with one attached hydrogen (secondary N) is 1. The molecular weight excluding hydrogens is 280 g/mol. The highest BCUT2D eigenvalue weighted by molar-refractivity contribution is 5.94. The first-order valence-corrected chi connectivity index (χ1v) is 7.70. The van der Waals surface area contributed by atoms with Crippen molar-refractivity contribution in [3.05, 3.63) is 23.8 Å².